The van der Waals surface area contributed by atoms with Crippen LogP contribution in [0.2, 0.25) is 0 Å². The van der Waals surface area contributed by atoms with Crippen molar-refractivity contribution in [2.24, 2.45) is 9.74 Å². The van der Waals surface area contributed by atoms with Gasteiger partial charge in [0.05, 0.1) is 11.4 Å². The lowest BCUT2D eigenvalue weighted by Crippen LogP contribution is -2.09. The summed E-state index contributed by atoms with van der Waals surface area (Å²) in [4.78, 5) is 0. The molecule has 0 N–H and O–H groups in total. The lowest BCUT2D eigenvalue weighted by molar-refractivity contribution is 0.593. The summed E-state index contributed by atoms with van der Waals surface area (Å²) in [5, 5.41) is 5.15. The van der Waals surface area contributed by atoms with E-state index in [1.165, 1.54) is 5.01 Å². The number of para-hydroxylation sites is 1. The van der Waals surface area contributed by atoms with E-state index in [1.807, 2.05) is 36.4 Å². The summed E-state index contributed by atoms with van der Waals surface area (Å²) in [6, 6.07) is 18.1. The van der Waals surface area contributed by atoms with E-state index >= 15 is 0 Å². The standard InChI is InChI=1S/C14H15N3O2S/c1-17(14-10-6-3-7-11-14)15-16-20(18,19)12-13-8-4-2-5-9-13/h2-11H,12H2,1H3. The Hall–Kier alpha value is -2.21. The van der Waals surface area contributed by atoms with E-state index in [4.69, 9.17) is 0 Å². The maximum absolute atomic E-state index is 11.8. The topological polar surface area (TPSA) is 62.1 Å². The molecule has 0 aliphatic rings. The van der Waals surface area contributed by atoms with Gasteiger partial charge < -0.3 is 0 Å². The summed E-state index contributed by atoms with van der Waals surface area (Å²) in [5.41, 5.74) is 1.46. The molecule has 104 valence electrons. The van der Waals surface area contributed by atoms with Gasteiger partial charge in [0, 0.05) is 7.05 Å². The second kappa shape index (κ2) is 6.29. The Labute approximate surface area is 118 Å². The summed E-state index contributed by atoms with van der Waals surface area (Å²) in [5.74, 6) is -0.153. The number of hydrogen-bond acceptors (Lipinski definition) is 3. The summed E-state index contributed by atoms with van der Waals surface area (Å²) in [7, 11) is -1.97. The predicted octanol–water partition coefficient (Wildman–Crippen LogP) is 3.02. The van der Waals surface area contributed by atoms with E-state index in [0.29, 0.717) is 5.56 Å². The molecule has 0 aromatic heterocycles. The molecule has 0 fully saturated rings. The van der Waals surface area contributed by atoms with Crippen molar-refractivity contribution in [1.82, 2.24) is 0 Å². The molecular weight excluding hydrogens is 274 g/mol. The van der Waals surface area contributed by atoms with Crippen molar-refractivity contribution in [3.8, 4) is 0 Å². The van der Waals surface area contributed by atoms with Crippen LogP contribution in [0.5, 0.6) is 0 Å². The molecule has 0 saturated carbocycles. The van der Waals surface area contributed by atoms with Crippen LogP contribution < -0.4 is 5.01 Å². The van der Waals surface area contributed by atoms with Crippen LogP contribution in [0, 0.1) is 0 Å². The predicted molar refractivity (Wildman–Crippen MR) is 78.8 cm³/mol. The van der Waals surface area contributed by atoms with E-state index in [1.54, 1.807) is 31.3 Å². The Morgan fingerprint density at radius 3 is 2.10 bits per heavy atom. The van der Waals surface area contributed by atoms with E-state index < -0.39 is 10.0 Å². The van der Waals surface area contributed by atoms with Gasteiger partial charge in [-0.05, 0) is 22.2 Å². The van der Waals surface area contributed by atoms with Crippen molar-refractivity contribution in [2.75, 3.05) is 12.1 Å². The summed E-state index contributed by atoms with van der Waals surface area (Å²) >= 11 is 0. The van der Waals surface area contributed by atoms with Crippen LogP contribution in [0.15, 0.2) is 70.4 Å². The van der Waals surface area contributed by atoms with Crippen molar-refractivity contribution in [3.05, 3.63) is 66.2 Å². The van der Waals surface area contributed by atoms with Gasteiger partial charge in [-0.25, -0.2) is 13.4 Å². The van der Waals surface area contributed by atoms with Crippen molar-refractivity contribution < 1.29 is 8.42 Å². The lowest BCUT2D eigenvalue weighted by atomic mass is 10.2. The van der Waals surface area contributed by atoms with Crippen LogP contribution >= 0.6 is 0 Å². The molecular formula is C14H15N3O2S. The van der Waals surface area contributed by atoms with Crippen molar-refractivity contribution in [1.29, 1.82) is 0 Å². The van der Waals surface area contributed by atoms with Gasteiger partial charge in [0.1, 0.15) is 0 Å². The van der Waals surface area contributed by atoms with E-state index in [-0.39, 0.29) is 5.75 Å². The van der Waals surface area contributed by atoms with Gasteiger partial charge in [0.15, 0.2) is 0 Å². The molecule has 0 atom stereocenters. The molecule has 0 spiro atoms. The fourth-order valence-corrected chi connectivity index (χ4v) is 2.51. The van der Waals surface area contributed by atoms with E-state index in [0.717, 1.165) is 5.69 Å². The first-order chi connectivity index (χ1) is 9.57. The Morgan fingerprint density at radius 1 is 0.950 bits per heavy atom. The highest BCUT2D eigenvalue weighted by Crippen LogP contribution is 2.13. The highest BCUT2D eigenvalue weighted by molar-refractivity contribution is 7.89. The molecule has 6 heteroatoms. The Kier molecular flexibility index (Phi) is 4.47. The van der Waals surface area contributed by atoms with E-state index in [9.17, 15) is 8.42 Å². The number of hydrogen-bond donors (Lipinski definition) is 0. The summed E-state index contributed by atoms with van der Waals surface area (Å²) in [6.45, 7) is 0. The number of rotatable bonds is 5. The van der Waals surface area contributed by atoms with Crippen molar-refractivity contribution in [3.63, 3.8) is 0 Å². The third-order valence-electron chi connectivity index (χ3n) is 2.62. The van der Waals surface area contributed by atoms with Crippen LogP contribution in [0.1, 0.15) is 5.56 Å². The van der Waals surface area contributed by atoms with Gasteiger partial charge >= 0.3 is 0 Å². The van der Waals surface area contributed by atoms with Gasteiger partial charge in [-0.3, -0.25) is 0 Å². The SMILES string of the molecule is CN(N=NS(=O)(=O)Cc1ccccc1)c1ccccc1. The molecule has 5 nitrogen and oxygen atoms in total. The average molecular weight is 289 g/mol. The minimum absolute atomic E-state index is 0.153. The number of sulfonamides is 1. The smallest absolute Gasteiger partial charge is 0.249 e. The quantitative estimate of drug-likeness (QED) is 0.628. The molecule has 2 aromatic carbocycles. The summed E-state index contributed by atoms with van der Waals surface area (Å²) < 4.78 is 27.1. The Morgan fingerprint density at radius 2 is 1.50 bits per heavy atom. The van der Waals surface area contributed by atoms with Gasteiger partial charge in [-0.2, -0.15) is 0 Å². The number of anilines is 1. The fourth-order valence-electron chi connectivity index (χ4n) is 1.62. The van der Waals surface area contributed by atoms with Gasteiger partial charge in [0.25, 0.3) is 10.0 Å². The zero-order valence-electron chi connectivity index (χ0n) is 11.0. The molecule has 0 aliphatic carbocycles. The zero-order chi connectivity index (χ0) is 14.4. The first kappa shape index (κ1) is 14.2. The molecule has 0 unspecified atom stereocenters. The minimum atomic E-state index is -3.62. The zero-order valence-corrected chi connectivity index (χ0v) is 11.9. The van der Waals surface area contributed by atoms with Gasteiger partial charge in [-0.1, -0.05) is 53.8 Å². The van der Waals surface area contributed by atoms with Crippen LogP contribution in [0.25, 0.3) is 0 Å². The lowest BCUT2D eigenvalue weighted by Gasteiger charge is -2.10. The van der Waals surface area contributed by atoms with Crippen LogP contribution in [0.3, 0.4) is 0 Å². The third kappa shape index (κ3) is 4.17. The maximum atomic E-state index is 11.8. The third-order valence-corrected chi connectivity index (χ3v) is 3.64. The largest absolute Gasteiger partial charge is 0.276 e. The minimum Gasteiger partial charge on any atom is -0.249 e. The molecule has 20 heavy (non-hydrogen) atoms. The molecule has 0 radical (unpaired) electrons. The average Bonchev–Trinajstić information content (AvgIpc) is 2.46. The molecule has 0 amide bonds. The van der Waals surface area contributed by atoms with Crippen molar-refractivity contribution >= 4 is 15.7 Å². The highest BCUT2D eigenvalue weighted by atomic mass is 32.2. The molecule has 2 rings (SSSR count). The van der Waals surface area contributed by atoms with E-state index in [2.05, 4.69) is 9.74 Å². The second-order valence-corrected chi connectivity index (χ2v) is 5.86. The van der Waals surface area contributed by atoms with Gasteiger partial charge in [0.2, 0.25) is 0 Å². The van der Waals surface area contributed by atoms with Crippen LogP contribution in [-0.2, 0) is 15.8 Å². The number of benzene rings is 2. The molecule has 0 aliphatic heterocycles. The fraction of sp³-hybridized carbons (Fsp3) is 0.143. The Bertz CT molecular complexity index is 670. The van der Waals surface area contributed by atoms with Gasteiger partial charge in [-0.15, -0.1) is 0 Å². The van der Waals surface area contributed by atoms with Crippen LogP contribution in [-0.4, -0.2) is 15.5 Å². The first-order valence-electron chi connectivity index (χ1n) is 6.05. The molecule has 0 heterocycles. The monoisotopic (exact) mass is 289 g/mol. The second-order valence-electron chi connectivity index (χ2n) is 4.24. The first-order valence-corrected chi connectivity index (χ1v) is 7.66. The van der Waals surface area contributed by atoms with Crippen LogP contribution in [0.4, 0.5) is 5.69 Å². The van der Waals surface area contributed by atoms with Crippen molar-refractivity contribution in [2.45, 2.75) is 5.75 Å². The number of nitrogens with zero attached hydrogens (tertiary/aromatic N) is 3. The highest BCUT2D eigenvalue weighted by Gasteiger charge is 2.10. The summed E-state index contributed by atoms with van der Waals surface area (Å²) in [6.07, 6.45) is 0. The molecule has 0 saturated heterocycles. The molecule has 2 aromatic rings. The molecule has 0 bridgehead atoms. The Balaban J connectivity index is 2.06. The maximum Gasteiger partial charge on any atom is 0.276 e. The normalized spacial score (nSPS) is 11.7.